The zero-order chi connectivity index (χ0) is 11.6. The van der Waals surface area contributed by atoms with Gasteiger partial charge in [-0.05, 0) is 28.4 Å². The van der Waals surface area contributed by atoms with Crippen LogP contribution >= 0.6 is 0 Å². The van der Waals surface area contributed by atoms with Crippen LogP contribution in [-0.2, 0) is 0 Å². The van der Waals surface area contributed by atoms with Gasteiger partial charge in [0, 0.05) is 0 Å². The van der Waals surface area contributed by atoms with Gasteiger partial charge in [-0.2, -0.15) is 0 Å². The van der Waals surface area contributed by atoms with E-state index < -0.39 is 0 Å². The first kappa shape index (κ1) is 12.3. The average Bonchev–Trinajstić information content (AvgIpc) is 2.15. The van der Waals surface area contributed by atoms with E-state index >= 15 is 0 Å². The summed E-state index contributed by atoms with van der Waals surface area (Å²) in [5.41, 5.74) is 3.23. The van der Waals surface area contributed by atoms with E-state index in [1.807, 2.05) is 0 Å². The fourth-order valence-corrected chi connectivity index (χ4v) is 1.67. The highest BCUT2D eigenvalue weighted by Crippen LogP contribution is 2.34. The summed E-state index contributed by atoms with van der Waals surface area (Å²) >= 11 is 0. The summed E-state index contributed by atoms with van der Waals surface area (Å²) in [6, 6.07) is 9.10. The molecule has 0 aliphatic heterocycles. The molecular formula is C15H24. The van der Waals surface area contributed by atoms with Crippen molar-refractivity contribution in [2.75, 3.05) is 0 Å². The van der Waals surface area contributed by atoms with Crippen LogP contribution in [-0.4, -0.2) is 0 Å². The SMILES string of the molecule is CC(C)c1ccc([C@H](C)C(C)(C)C)cc1. The van der Waals surface area contributed by atoms with Crippen LogP contribution in [0.25, 0.3) is 0 Å². The van der Waals surface area contributed by atoms with Gasteiger partial charge in [0.25, 0.3) is 0 Å². The molecule has 0 fully saturated rings. The van der Waals surface area contributed by atoms with Crippen LogP contribution in [0.15, 0.2) is 24.3 Å². The van der Waals surface area contributed by atoms with Crippen molar-refractivity contribution in [3.8, 4) is 0 Å². The van der Waals surface area contributed by atoms with Gasteiger partial charge < -0.3 is 0 Å². The van der Waals surface area contributed by atoms with E-state index in [0.717, 1.165) is 0 Å². The smallest absolute Gasteiger partial charge is 0.0142 e. The van der Waals surface area contributed by atoms with Gasteiger partial charge in [0.05, 0.1) is 0 Å². The molecule has 1 aromatic rings. The molecule has 0 bridgehead atoms. The number of hydrogen-bond donors (Lipinski definition) is 0. The average molecular weight is 204 g/mol. The highest BCUT2D eigenvalue weighted by molar-refractivity contribution is 5.27. The van der Waals surface area contributed by atoms with Crippen molar-refractivity contribution in [3.05, 3.63) is 35.4 Å². The Balaban J connectivity index is 2.89. The topological polar surface area (TPSA) is 0 Å². The van der Waals surface area contributed by atoms with Crippen molar-refractivity contribution in [2.24, 2.45) is 5.41 Å². The highest BCUT2D eigenvalue weighted by Gasteiger charge is 2.21. The Morgan fingerprint density at radius 2 is 1.20 bits per heavy atom. The fraction of sp³-hybridized carbons (Fsp3) is 0.600. The molecule has 0 unspecified atom stereocenters. The molecule has 1 atom stereocenters. The van der Waals surface area contributed by atoms with Gasteiger partial charge >= 0.3 is 0 Å². The minimum Gasteiger partial charge on any atom is -0.0596 e. The predicted molar refractivity (Wildman–Crippen MR) is 68.4 cm³/mol. The lowest BCUT2D eigenvalue weighted by Gasteiger charge is -2.27. The fourth-order valence-electron chi connectivity index (χ4n) is 1.67. The lowest BCUT2D eigenvalue weighted by Crippen LogP contribution is -2.15. The Labute approximate surface area is 94.7 Å². The minimum atomic E-state index is 0.347. The third-order valence-electron chi connectivity index (χ3n) is 3.40. The van der Waals surface area contributed by atoms with Crippen molar-refractivity contribution in [1.29, 1.82) is 0 Å². The van der Waals surface area contributed by atoms with Gasteiger partial charge in [-0.15, -0.1) is 0 Å². The van der Waals surface area contributed by atoms with Crippen molar-refractivity contribution in [3.63, 3.8) is 0 Å². The largest absolute Gasteiger partial charge is 0.0596 e. The lowest BCUT2D eigenvalue weighted by molar-refractivity contribution is 0.339. The van der Waals surface area contributed by atoms with Crippen LogP contribution in [0.1, 0.15) is 64.5 Å². The van der Waals surface area contributed by atoms with Crippen LogP contribution in [0.4, 0.5) is 0 Å². The summed E-state index contributed by atoms with van der Waals surface area (Å²) in [5, 5.41) is 0. The molecular weight excluding hydrogens is 180 g/mol. The van der Waals surface area contributed by atoms with E-state index in [-0.39, 0.29) is 0 Å². The Morgan fingerprint density at radius 3 is 1.53 bits per heavy atom. The second kappa shape index (κ2) is 4.38. The molecule has 1 aromatic carbocycles. The van der Waals surface area contributed by atoms with Crippen LogP contribution in [0.5, 0.6) is 0 Å². The predicted octanol–water partition coefficient (Wildman–Crippen LogP) is 4.96. The Hall–Kier alpha value is -0.780. The zero-order valence-corrected chi connectivity index (χ0v) is 11.0. The maximum absolute atomic E-state index is 2.31. The van der Waals surface area contributed by atoms with Gasteiger partial charge in [0.2, 0.25) is 0 Å². The summed E-state index contributed by atoms with van der Waals surface area (Å²) < 4.78 is 0. The standard InChI is InChI=1S/C15H24/c1-11(2)13-7-9-14(10-8-13)12(3)15(4,5)6/h7-12H,1-6H3/t12-/m0/s1. The molecule has 0 heteroatoms. The Kier molecular flexibility index (Phi) is 3.59. The summed E-state index contributed by atoms with van der Waals surface area (Å²) in [7, 11) is 0. The third-order valence-corrected chi connectivity index (χ3v) is 3.40. The van der Waals surface area contributed by atoms with E-state index in [1.165, 1.54) is 11.1 Å². The second-order valence-corrected chi connectivity index (χ2v) is 5.91. The van der Waals surface area contributed by atoms with E-state index in [4.69, 9.17) is 0 Å². The molecule has 0 aliphatic carbocycles. The molecule has 0 spiro atoms. The normalized spacial score (nSPS) is 14.3. The molecule has 0 amide bonds. The summed E-state index contributed by atoms with van der Waals surface area (Å²) in [6.07, 6.45) is 0. The molecule has 0 nitrogen and oxygen atoms in total. The van der Waals surface area contributed by atoms with Gasteiger partial charge in [-0.25, -0.2) is 0 Å². The Bertz CT molecular complexity index is 298. The van der Waals surface area contributed by atoms with Crippen molar-refractivity contribution >= 4 is 0 Å². The van der Waals surface area contributed by atoms with Gasteiger partial charge in [0.1, 0.15) is 0 Å². The molecule has 0 saturated heterocycles. The molecule has 0 radical (unpaired) electrons. The highest BCUT2D eigenvalue weighted by atomic mass is 14.3. The molecule has 0 aliphatic rings. The first-order chi connectivity index (χ1) is 6.82. The summed E-state index contributed by atoms with van der Waals surface area (Å²) in [4.78, 5) is 0. The zero-order valence-electron chi connectivity index (χ0n) is 11.0. The number of rotatable bonds is 2. The van der Waals surface area contributed by atoms with Gasteiger partial charge in [-0.1, -0.05) is 65.8 Å². The number of hydrogen-bond acceptors (Lipinski definition) is 0. The summed E-state index contributed by atoms with van der Waals surface area (Å²) in [5.74, 6) is 1.24. The van der Waals surface area contributed by atoms with Crippen LogP contribution in [0.3, 0.4) is 0 Å². The van der Waals surface area contributed by atoms with E-state index in [9.17, 15) is 0 Å². The van der Waals surface area contributed by atoms with Gasteiger partial charge in [0.15, 0.2) is 0 Å². The van der Waals surface area contributed by atoms with Crippen LogP contribution in [0, 0.1) is 5.41 Å². The maximum Gasteiger partial charge on any atom is -0.0142 e. The molecule has 0 heterocycles. The van der Waals surface area contributed by atoms with Gasteiger partial charge in [-0.3, -0.25) is 0 Å². The van der Waals surface area contributed by atoms with Crippen molar-refractivity contribution in [1.82, 2.24) is 0 Å². The molecule has 84 valence electrons. The van der Waals surface area contributed by atoms with Crippen molar-refractivity contribution < 1.29 is 0 Å². The minimum absolute atomic E-state index is 0.347. The van der Waals surface area contributed by atoms with Crippen molar-refractivity contribution in [2.45, 2.75) is 53.4 Å². The van der Waals surface area contributed by atoms with Crippen LogP contribution in [0.2, 0.25) is 0 Å². The summed E-state index contributed by atoms with van der Waals surface area (Å²) in [6.45, 7) is 13.7. The van der Waals surface area contributed by atoms with E-state index in [0.29, 0.717) is 17.3 Å². The molecule has 15 heavy (non-hydrogen) atoms. The van der Waals surface area contributed by atoms with Crippen LogP contribution < -0.4 is 0 Å². The van der Waals surface area contributed by atoms with E-state index in [1.54, 1.807) is 0 Å². The molecule has 0 aromatic heterocycles. The monoisotopic (exact) mass is 204 g/mol. The Morgan fingerprint density at radius 1 is 0.800 bits per heavy atom. The van der Waals surface area contributed by atoms with E-state index in [2.05, 4.69) is 65.8 Å². The molecule has 0 saturated carbocycles. The lowest BCUT2D eigenvalue weighted by atomic mass is 9.77. The third kappa shape index (κ3) is 3.09. The molecule has 1 rings (SSSR count). The quantitative estimate of drug-likeness (QED) is 0.638. The first-order valence-corrected chi connectivity index (χ1v) is 5.92. The number of benzene rings is 1. The first-order valence-electron chi connectivity index (χ1n) is 5.92. The second-order valence-electron chi connectivity index (χ2n) is 5.91. The molecule has 0 N–H and O–H groups in total. The maximum atomic E-state index is 2.31.